The predicted octanol–water partition coefficient (Wildman–Crippen LogP) is 1.73. The lowest BCUT2D eigenvalue weighted by Crippen LogP contribution is -2.25. The predicted molar refractivity (Wildman–Crippen MR) is 68.8 cm³/mol. The van der Waals surface area contributed by atoms with Crippen LogP contribution >= 0.6 is 0 Å². The molecule has 0 bridgehead atoms. The van der Waals surface area contributed by atoms with Crippen molar-refractivity contribution in [2.24, 2.45) is 0 Å². The van der Waals surface area contributed by atoms with E-state index in [4.69, 9.17) is 10.5 Å². The first-order valence-electron chi connectivity index (χ1n) is 5.58. The van der Waals surface area contributed by atoms with Crippen LogP contribution in [-0.4, -0.2) is 19.1 Å². The maximum Gasteiger partial charge on any atom is 0.223 e. The Morgan fingerprint density at radius 2 is 2.12 bits per heavy atom. The summed E-state index contributed by atoms with van der Waals surface area (Å²) in [6, 6.07) is 7.09. The lowest BCUT2D eigenvalue weighted by atomic mass is 10.3. The molecule has 17 heavy (non-hydrogen) atoms. The average molecular weight is 234 g/mol. The molecule has 4 heteroatoms. The van der Waals surface area contributed by atoms with Gasteiger partial charge in [0, 0.05) is 12.2 Å². The van der Waals surface area contributed by atoms with E-state index < -0.39 is 0 Å². The van der Waals surface area contributed by atoms with Crippen LogP contribution in [0.2, 0.25) is 0 Å². The van der Waals surface area contributed by atoms with Crippen molar-refractivity contribution in [1.82, 2.24) is 5.32 Å². The monoisotopic (exact) mass is 234 g/mol. The van der Waals surface area contributed by atoms with E-state index in [9.17, 15) is 4.79 Å². The lowest BCUT2D eigenvalue weighted by Gasteiger charge is -2.06. The molecule has 0 spiro atoms. The molecule has 3 N–H and O–H groups in total. The van der Waals surface area contributed by atoms with Crippen LogP contribution in [0.4, 0.5) is 5.69 Å². The third-order valence-electron chi connectivity index (χ3n) is 2.15. The molecule has 0 unspecified atom stereocenters. The number of benzene rings is 1. The van der Waals surface area contributed by atoms with Gasteiger partial charge in [0.05, 0.1) is 13.0 Å². The number of carbonyl (C=O) groups is 1. The molecule has 0 aliphatic heterocycles. The SMILES string of the molecule is C=CCCNC(=O)CCOc1ccc(N)cc1. The third kappa shape index (κ3) is 5.61. The van der Waals surface area contributed by atoms with Gasteiger partial charge in [-0.05, 0) is 30.7 Å². The van der Waals surface area contributed by atoms with Crippen LogP contribution < -0.4 is 15.8 Å². The summed E-state index contributed by atoms with van der Waals surface area (Å²) in [6.45, 7) is 4.57. The highest BCUT2D eigenvalue weighted by Crippen LogP contribution is 2.12. The van der Waals surface area contributed by atoms with Gasteiger partial charge >= 0.3 is 0 Å². The minimum absolute atomic E-state index is 0.0118. The highest BCUT2D eigenvalue weighted by Gasteiger charge is 2.00. The van der Waals surface area contributed by atoms with Crippen LogP contribution in [0, 0.1) is 0 Å². The van der Waals surface area contributed by atoms with E-state index >= 15 is 0 Å². The third-order valence-corrected chi connectivity index (χ3v) is 2.15. The standard InChI is InChI=1S/C13H18N2O2/c1-2-3-9-15-13(16)8-10-17-12-6-4-11(14)5-7-12/h2,4-7H,1,3,8-10,14H2,(H,15,16). The summed E-state index contributed by atoms with van der Waals surface area (Å²) in [5.41, 5.74) is 6.24. The zero-order valence-corrected chi connectivity index (χ0v) is 9.82. The Bertz CT molecular complexity index is 360. The van der Waals surface area contributed by atoms with Gasteiger partial charge in [-0.2, -0.15) is 0 Å². The summed E-state index contributed by atoms with van der Waals surface area (Å²) in [6.07, 6.45) is 2.90. The van der Waals surface area contributed by atoms with Crippen LogP contribution in [0.5, 0.6) is 5.75 Å². The van der Waals surface area contributed by atoms with Gasteiger partial charge in [0.25, 0.3) is 0 Å². The average Bonchev–Trinajstić information content (AvgIpc) is 2.32. The maximum absolute atomic E-state index is 11.3. The van der Waals surface area contributed by atoms with Crippen LogP contribution in [0.1, 0.15) is 12.8 Å². The molecule has 4 nitrogen and oxygen atoms in total. The zero-order valence-electron chi connectivity index (χ0n) is 9.82. The number of anilines is 1. The molecular weight excluding hydrogens is 216 g/mol. The highest BCUT2D eigenvalue weighted by atomic mass is 16.5. The van der Waals surface area contributed by atoms with Crippen molar-refractivity contribution in [3.8, 4) is 5.75 Å². The number of rotatable bonds is 7. The number of amides is 1. The van der Waals surface area contributed by atoms with E-state index in [1.807, 2.05) is 0 Å². The number of nitrogens with two attached hydrogens (primary N) is 1. The second kappa shape index (κ2) is 7.33. The molecule has 92 valence electrons. The Kier molecular flexibility index (Phi) is 5.64. The normalized spacial score (nSPS) is 9.65. The molecule has 1 rings (SSSR count). The molecule has 0 saturated carbocycles. The molecule has 0 atom stereocenters. The van der Waals surface area contributed by atoms with Gasteiger partial charge in [-0.15, -0.1) is 6.58 Å². The summed E-state index contributed by atoms with van der Waals surface area (Å²) in [4.78, 5) is 11.3. The lowest BCUT2D eigenvalue weighted by molar-refractivity contribution is -0.121. The maximum atomic E-state index is 11.3. The molecule has 1 amide bonds. The zero-order chi connectivity index (χ0) is 12.5. The topological polar surface area (TPSA) is 64.3 Å². The number of nitrogen functional groups attached to an aromatic ring is 1. The number of hydrogen-bond donors (Lipinski definition) is 2. The first kappa shape index (κ1) is 13.1. The minimum Gasteiger partial charge on any atom is -0.493 e. The summed E-state index contributed by atoms with van der Waals surface area (Å²) in [7, 11) is 0. The fourth-order valence-electron chi connectivity index (χ4n) is 1.23. The first-order valence-corrected chi connectivity index (χ1v) is 5.58. The molecule has 0 aliphatic rings. The van der Waals surface area contributed by atoms with Crippen molar-refractivity contribution in [3.63, 3.8) is 0 Å². The Hall–Kier alpha value is -1.97. The van der Waals surface area contributed by atoms with Crippen molar-refractivity contribution in [2.75, 3.05) is 18.9 Å². The number of ether oxygens (including phenoxy) is 1. The Labute approximate surface area is 101 Å². The summed E-state index contributed by atoms with van der Waals surface area (Å²) in [5, 5.41) is 2.77. The van der Waals surface area contributed by atoms with Crippen LogP contribution in [0.15, 0.2) is 36.9 Å². The molecule has 0 fully saturated rings. The van der Waals surface area contributed by atoms with Crippen molar-refractivity contribution < 1.29 is 9.53 Å². The number of hydrogen-bond acceptors (Lipinski definition) is 3. The largest absolute Gasteiger partial charge is 0.493 e. The number of nitrogens with one attached hydrogen (secondary N) is 1. The second-order valence-corrected chi connectivity index (χ2v) is 3.59. The molecule has 0 aliphatic carbocycles. The van der Waals surface area contributed by atoms with Crippen molar-refractivity contribution in [2.45, 2.75) is 12.8 Å². The second-order valence-electron chi connectivity index (χ2n) is 3.59. The Balaban J connectivity index is 2.16. The molecular formula is C13H18N2O2. The molecule has 0 aromatic heterocycles. The highest BCUT2D eigenvalue weighted by molar-refractivity contribution is 5.75. The van der Waals surface area contributed by atoms with Crippen molar-refractivity contribution >= 4 is 11.6 Å². The van der Waals surface area contributed by atoms with Crippen molar-refractivity contribution in [3.05, 3.63) is 36.9 Å². The molecule has 0 heterocycles. The van der Waals surface area contributed by atoms with Gasteiger partial charge in [-0.3, -0.25) is 4.79 Å². The van der Waals surface area contributed by atoms with E-state index in [-0.39, 0.29) is 5.91 Å². The quantitative estimate of drug-likeness (QED) is 0.429. The van der Waals surface area contributed by atoms with E-state index in [2.05, 4.69) is 11.9 Å². The molecule has 0 saturated heterocycles. The fourth-order valence-corrected chi connectivity index (χ4v) is 1.23. The van der Waals surface area contributed by atoms with Gasteiger partial charge in [0.15, 0.2) is 0 Å². The minimum atomic E-state index is -0.0118. The van der Waals surface area contributed by atoms with E-state index in [1.165, 1.54) is 0 Å². The first-order chi connectivity index (χ1) is 8.22. The smallest absolute Gasteiger partial charge is 0.223 e. The molecule has 0 radical (unpaired) electrons. The fraction of sp³-hybridized carbons (Fsp3) is 0.308. The Morgan fingerprint density at radius 1 is 1.41 bits per heavy atom. The van der Waals surface area contributed by atoms with Gasteiger partial charge < -0.3 is 15.8 Å². The van der Waals surface area contributed by atoms with E-state index in [0.717, 1.165) is 12.2 Å². The van der Waals surface area contributed by atoms with Crippen LogP contribution in [0.3, 0.4) is 0 Å². The summed E-state index contributed by atoms with van der Waals surface area (Å²) >= 11 is 0. The van der Waals surface area contributed by atoms with Gasteiger partial charge in [-0.25, -0.2) is 0 Å². The molecule has 1 aromatic rings. The number of carbonyl (C=O) groups excluding carboxylic acids is 1. The van der Waals surface area contributed by atoms with E-state index in [0.29, 0.717) is 25.3 Å². The Morgan fingerprint density at radius 3 is 2.76 bits per heavy atom. The summed E-state index contributed by atoms with van der Waals surface area (Å²) < 4.78 is 5.40. The van der Waals surface area contributed by atoms with Crippen LogP contribution in [0.25, 0.3) is 0 Å². The molecule has 1 aromatic carbocycles. The van der Waals surface area contributed by atoms with Gasteiger partial charge in [0.1, 0.15) is 5.75 Å². The van der Waals surface area contributed by atoms with Gasteiger partial charge in [0.2, 0.25) is 5.91 Å². The summed E-state index contributed by atoms with van der Waals surface area (Å²) in [5.74, 6) is 0.709. The van der Waals surface area contributed by atoms with E-state index in [1.54, 1.807) is 30.3 Å². The van der Waals surface area contributed by atoms with Crippen LogP contribution in [-0.2, 0) is 4.79 Å². The van der Waals surface area contributed by atoms with Gasteiger partial charge in [-0.1, -0.05) is 6.08 Å². The van der Waals surface area contributed by atoms with Crippen molar-refractivity contribution in [1.29, 1.82) is 0 Å².